The van der Waals surface area contributed by atoms with E-state index in [0.29, 0.717) is 6.42 Å². The SMILES string of the molecule is CCCCCCC/C=C\C/C=C\C/C=C\CCCCCCCCC(=O)NC(COC1OC(CO)C(OC2OC(CO)C(OC3OC(CO)C(O)C(O)C3O)C(O)C2O)C(O)C1O)C(O)/C=C/CCCCCCCCCCCCCCCCCCCCCCCCC. The molecule has 3 saturated heterocycles. The summed E-state index contributed by atoms with van der Waals surface area (Å²) in [7, 11) is 0. The quantitative estimate of drug-likeness (QED) is 0.0199. The highest BCUT2D eigenvalue weighted by Crippen LogP contribution is 2.33. The van der Waals surface area contributed by atoms with Gasteiger partial charge in [0.25, 0.3) is 0 Å². The largest absolute Gasteiger partial charge is 0.394 e. The summed E-state index contributed by atoms with van der Waals surface area (Å²) in [6, 6.07) is -0.983. The van der Waals surface area contributed by atoms with Crippen molar-refractivity contribution >= 4 is 5.91 Å². The van der Waals surface area contributed by atoms with Gasteiger partial charge in [0.05, 0.1) is 38.6 Å². The summed E-state index contributed by atoms with van der Waals surface area (Å²) >= 11 is 0. The van der Waals surface area contributed by atoms with Crippen LogP contribution in [0.5, 0.6) is 0 Å². The van der Waals surface area contributed by atoms with Crippen molar-refractivity contribution in [1.29, 1.82) is 0 Å². The molecule has 19 nitrogen and oxygen atoms in total. The number of ether oxygens (including phenoxy) is 6. The van der Waals surface area contributed by atoms with E-state index in [0.717, 1.165) is 77.0 Å². The standard InChI is InChI=1S/C72H131NO18/c1-3-5-7-9-11-13-15-17-19-21-23-25-26-27-28-30-31-33-35-37-39-41-43-45-47-49-56(77)55(73-60(78)50-48-46-44-42-40-38-36-34-32-29-24-22-20-18-16-14-12-10-8-6-4-2)54-86-70-66(84)63(81)68(58(52-75)88-70)91-72-67(85)64(82)69(59(53-76)89-72)90-71-65(83)62(80)61(79)57(51-74)87-71/h16,18,22,24,32,34,47,49,55-59,61-72,74-77,79-85H,3-15,17,19-21,23,25-31,33,35-46,48,50-54H2,1-2H3,(H,73,78)/b18-16-,24-22-,34-32-,49-47+. The normalized spacial score (nSPS) is 28.1. The zero-order valence-corrected chi connectivity index (χ0v) is 56.3. The van der Waals surface area contributed by atoms with Crippen LogP contribution in [0.15, 0.2) is 48.6 Å². The van der Waals surface area contributed by atoms with Crippen LogP contribution in [0.2, 0.25) is 0 Å². The van der Waals surface area contributed by atoms with Gasteiger partial charge in [-0.2, -0.15) is 0 Å². The Morgan fingerprint density at radius 2 is 0.725 bits per heavy atom. The molecule has 0 spiro atoms. The second-order valence-electron chi connectivity index (χ2n) is 26.1. The third-order valence-electron chi connectivity index (χ3n) is 18.1. The molecule has 3 heterocycles. The maximum Gasteiger partial charge on any atom is 0.220 e. The molecule has 17 unspecified atom stereocenters. The van der Waals surface area contributed by atoms with Crippen molar-refractivity contribution in [3.05, 3.63) is 48.6 Å². The summed E-state index contributed by atoms with van der Waals surface area (Å²) in [4.78, 5) is 13.4. The number of carbonyl (C=O) groups excluding carboxylic acids is 1. The molecule has 0 bridgehead atoms. The molecule has 19 heteroatoms. The fourth-order valence-corrected chi connectivity index (χ4v) is 12.2. The number of hydrogen-bond donors (Lipinski definition) is 12. The van der Waals surface area contributed by atoms with Crippen LogP contribution in [0.4, 0.5) is 0 Å². The fourth-order valence-electron chi connectivity index (χ4n) is 12.2. The number of amides is 1. The first-order valence-electron chi connectivity index (χ1n) is 36.4. The van der Waals surface area contributed by atoms with Gasteiger partial charge in [-0.25, -0.2) is 0 Å². The lowest BCUT2D eigenvalue weighted by Gasteiger charge is -2.48. The van der Waals surface area contributed by atoms with E-state index < -0.39 is 124 Å². The Balaban J connectivity index is 1.44. The van der Waals surface area contributed by atoms with Crippen LogP contribution in [-0.2, 0) is 33.2 Å². The fraction of sp³-hybridized carbons (Fsp3) is 0.875. The highest BCUT2D eigenvalue weighted by molar-refractivity contribution is 5.76. The molecular formula is C72H131NO18. The number of aliphatic hydroxyl groups excluding tert-OH is 11. The number of nitrogens with one attached hydrogen (secondary N) is 1. The molecule has 3 fully saturated rings. The highest BCUT2D eigenvalue weighted by Gasteiger charge is 2.53. The smallest absolute Gasteiger partial charge is 0.220 e. The number of aliphatic hydroxyl groups is 11. The lowest BCUT2D eigenvalue weighted by Crippen LogP contribution is -2.66. The third kappa shape index (κ3) is 35.5. The predicted octanol–water partition coefficient (Wildman–Crippen LogP) is 10.2. The van der Waals surface area contributed by atoms with Crippen LogP contribution in [0.1, 0.15) is 271 Å². The minimum Gasteiger partial charge on any atom is -0.394 e. The van der Waals surface area contributed by atoms with Crippen molar-refractivity contribution in [3.8, 4) is 0 Å². The zero-order valence-electron chi connectivity index (χ0n) is 56.3. The first-order chi connectivity index (χ1) is 44.3. The molecule has 3 aliphatic rings. The molecule has 12 N–H and O–H groups in total. The number of allylic oxidation sites excluding steroid dienone is 7. The molecule has 0 radical (unpaired) electrons. The molecule has 17 atom stereocenters. The topological polar surface area (TPSA) is 307 Å². The molecule has 0 aromatic rings. The van der Waals surface area contributed by atoms with E-state index >= 15 is 0 Å². The van der Waals surface area contributed by atoms with Crippen molar-refractivity contribution in [1.82, 2.24) is 5.32 Å². The second kappa shape index (κ2) is 53.8. The highest BCUT2D eigenvalue weighted by atomic mass is 16.8. The average molecular weight is 1300 g/mol. The Morgan fingerprint density at radius 1 is 0.396 bits per heavy atom. The van der Waals surface area contributed by atoms with Gasteiger partial charge in [-0.3, -0.25) is 4.79 Å². The van der Waals surface area contributed by atoms with Crippen molar-refractivity contribution in [3.63, 3.8) is 0 Å². The van der Waals surface area contributed by atoms with E-state index in [-0.39, 0.29) is 18.9 Å². The summed E-state index contributed by atoms with van der Waals surface area (Å²) in [5.74, 6) is -0.286. The first-order valence-corrected chi connectivity index (χ1v) is 36.4. The van der Waals surface area contributed by atoms with E-state index in [4.69, 9.17) is 28.4 Å². The Labute approximate surface area is 548 Å². The van der Waals surface area contributed by atoms with Gasteiger partial charge in [-0.15, -0.1) is 0 Å². The van der Waals surface area contributed by atoms with E-state index in [1.807, 2.05) is 6.08 Å². The molecule has 532 valence electrons. The summed E-state index contributed by atoms with van der Waals surface area (Å²) in [5.41, 5.74) is 0. The van der Waals surface area contributed by atoms with Crippen molar-refractivity contribution < 1.29 is 89.4 Å². The Hall–Kier alpha value is -2.25. The van der Waals surface area contributed by atoms with Gasteiger partial charge in [-0.1, -0.05) is 255 Å². The summed E-state index contributed by atoms with van der Waals surface area (Å²) < 4.78 is 34.4. The molecule has 0 saturated carbocycles. The summed E-state index contributed by atoms with van der Waals surface area (Å²) in [5, 5.41) is 121. The van der Waals surface area contributed by atoms with Crippen LogP contribution < -0.4 is 5.32 Å². The molecule has 3 aliphatic heterocycles. The lowest BCUT2D eigenvalue weighted by atomic mass is 9.96. The monoisotopic (exact) mass is 1300 g/mol. The molecule has 0 aromatic heterocycles. The number of rotatable bonds is 56. The van der Waals surface area contributed by atoms with Gasteiger partial charge in [0.2, 0.25) is 5.91 Å². The molecular weight excluding hydrogens is 1170 g/mol. The van der Waals surface area contributed by atoms with Gasteiger partial charge < -0.3 is 89.9 Å². The van der Waals surface area contributed by atoms with Gasteiger partial charge in [-0.05, 0) is 57.8 Å². The predicted molar refractivity (Wildman–Crippen MR) is 356 cm³/mol. The Kier molecular flexibility index (Phi) is 49.1. The van der Waals surface area contributed by atoms with Crippen LogP contribution in [-0.4, -0.2) is 193 Å². The molecule has 0 aromatic carbocycles. The van der Waals surface area contributed by atoms with Crippen LogP contribution in [0.25, 0.3) is 0 Å². The lowest BCUT2D eigenvalue weighted by molar-refractivity contribution is -0.379. The van der Waals surface area contributed by atoms with Gasteiger partial charge in [0.15, 0.2) is 18.9 Å². The zero-order chi connectivity index (χ0) is 66.1. The maximum absolute atomic E-state index is 13.4. The second-order valence-corrected chi connectivity index (χ2v) is 26.1. The third-order valence-corrected chi connectivity index (χ3v) is 18.1. The molecule has 3 rings (SSSR count). The Bertz CT molecular complexity index is 1840. The van der Waals surface area contributed by atoms with E-state index in [1.54, 1.807) is 6.08 Å². The number of unbranched alkanes of at least 4 members (excludes halogenated alkanes) is 34. The number of hydrogen-bond acceptors (Lipinski definition) is 18. The molecule has 91 heavy (non-hydrogen) atoms. The van der Waals surface area contributed by atoms with Crippen LogP contribution >= 0.6 is 0 Å². The van der Waals surface area contributed by atoms with Crippen LogP contribution in [0, 0.1) is 0 Å². The summed E-state index contributed by atoms with van der Waals surface area (Å²) in [6.45, 7) is 1.74. The van der Waals surface area contributed by atoms with E-state index in [2.05, 4.69) is 55.6 Å². The maximum atomic E-state index is 13.4. The number of carbonyl (C=O) groups is 1. The molecule has 0 aliphatic carbocycles. The van der Waals surface area contributed by atoms with Crippen molar-refractivity contribution in [2.24, 2.45) is 0 Å². The molecule has 1 amide bonds. The van der Waals surface area contributed by atoms with Gasteiger partial charge in [0, 0.05) is 6.42 Å². The van der Waals surface area contributed by atoms with Crippen LogP contribution in [0.3, 0.4) is 0 Å². The minimum absolute atomic E-state index is 0.228. The first kappa shape index (κ1) is 83.0. The van der Waals surface area contributed by atoms with Gasteiger partial charge >= 0.3 is 0 Å². The van der Waals surface area contributed by atoms with E-state index in [1.165, 1.54) is 167 Å². The average Bonchev–Trinajstić information content (AvgIpc) is 0.883. The Morgan fingerprint density at radius 3 is 1.13 bits per heavy atom. The van der Waals surface area contributed by atoms with Crippen molar-refractivity contribution in [2.45, 2.75) is 375 Å². The van der Waals surface area contributed by atoms with E-state index in [9.17, 15) is 61.0 Å². The van der Waals surface area contributed by atoms with Gasteiger partial charge in [0.1, 0.15) is 73.2 Å². The van der Waals surface area contributed by atoms with Crippen molar-refractivity contribution in [2.75, 3.05) is 26.4 Å². The minimum atomic E-state index is -1.98. The summed E-state index contributed by atoms with van der Waals surface area (Å²) in [6.07, 6.45) is 37.9.